The lowest BCUT2D eigenvalue weighted by Gasteiger charge is -2.11. The maximum Gasteiger partial charge on any atom is 0.248 e. The standard InChI is InChI=1S/C12H17NO2/c1-8(2)6-9-4-5-10(12(13)14)7-11(9)15-3/h4-5,7-8H,6H2,1-3H3,(H2,13,14). The molecule has 1 rings (SSSR count). The largest absolute Gasteiger partial charge is 0.496 e. The summed E-state index contributed by atoms with van der Waals surface area (Å²) in [6.07, 6.45) is 0.933. The summed E-state index contributed by atoms with van der Waals surface area (Å²) in [6.45, 7) is 4.28. The molecule has 15 heavy (non-hydrogen) atoms. The first-order valence-corrected chi connectivity index (χ1v) is 5.01. The first-order chi connectivity index (χ1) is 7.04. The maximum atomic E-state index is 11.0. The number of hydrogen-bond acceptors (Lipinski definition) is 2. The van der Waals surface area contributed by atoms with E-state index in [9.17, 15) is 4.79 Å². The normalized spacial score (nSPS) is 10.4. The zero-order chi connectivity index (χ0) is 11.4. The molecule has 0 saturated carbocycles. The van der Waals surface area contributed by atoms with Crippen LogP contribution in [-0.4, -0.2) is 13.0 Å². The first-order valence-electron chi connectivity index (χ1n) is 5.01. The summed E-state index contributed by atoms with van der Waals surface area (Å²) in [4.78, 5) is 11.0. The molecule has 1 amide bonds. The van der Waals surface area contributed by atoms with Crippen molar-refractivity contribution in [3.63, 3.8) is 0 Å². The SMILES string of the molecule is COc1cc(C(N)=O)ccc1CC(C)C. The number of primary amides is 1. The Morgan fingerprint density at radius 3 is 2.60 bits per heavy atom. The number of amides is 1. The van der Waals surface area contributed by atoms with Gasteiger partial charge in [0.25, 0.3) is 0 Å². The number of carbonyl (C=O) groups excluding carboxylic acids is 1. The number of benzene rings is 1. The van der Waals surface area contributed by atoms with Gasteiger partial charge in [-0.2, -0.15) is 0 Å². The van der Waals surface area contributed by atoms with Gasteiger partial charge in [0.15, 0.2) is 0 Å². The van der Waals surface area contributed by atoms with Crippen molar-refractivity contribution < 1.29 is 9.53 Å². The van der Waals surface area contributed by atoms with Crippen molar-refractivity contribution in [1.29, 1.82) is 0 Å². The fourth-order valence-corrected chi connectivity index (χ4v) is 1.51. The Morgan fingerprint density at radius 1 is 1.47 bits per heavy atom. The Morgan fingerprint density at radius 2 is 2.13 bits per heavy atom. The molecule has 0 aliphatic heterocycles. The van der Waals surface area contributed by atoms with Crippen molar-refractivity contribution in [2.75, 3.05) is 7.11 Å². The van der Waals surface area contributed by atoms with E-state index in [0.717, 1.165) is 17.7 Å². The van der Waals surface area contributed by atoms with E-state index < -0.39 is 5.91 Å². The van der Waals surface area contributed by atoms with Crippen molar-refractivity contribution in [1.82, 2.24) is 0 Å². The van der Waals surface area contributed by atoms with E-state index in [-0.39, 0.29) is 0 Å². The van der Waals surface area contributed by atoms with Crippen molar-refractivity contribution in [2.24, 2.45) is 11.7 Å². The van der Waals surface area contributed by atoms with Crippen LogP contribution >= 0.6 is 0 Å². The van der Waals surface area contributed by atoms with Crippen LogP contribution in [0.2, 0.25) is 0 Å². The minimum Gasteiger partial charge on any atom is -0.496 e. The van der Waals surface area contributed by atoms with Gasteiger partial charge in [-0.05, 0) is 30.0 Å². The van der Waals surface area contributed by atoms with E-state index >= 15 is 0 Å². The molecule has 0 aliphatic carbocycles. The molecule has 2 N–H and O–H groups in total. The smallest absolute Gasteiger partial charge is 0.248 e. The average Bonchev–Trinajstić information content (AvgIpc) is 2.17. The lowest BCUT2D eigenvalue weighted by atomic mass is 10.0. The van der Waals surface area contributed by atoms with Crippen LogP contribution in [0.3, 0.4) is 0 Å². The van der Waals surface area contributed by atoms with Crippen molar-refractivity contribution >= 4 is 5.91 Å². The third-order valence-corrected chi connectivity index (χ3v) is 2.20. The summed E-state index contributed by atoms with van der Waals surface area (Å²) in [5, 5.41) is 0. The van der Waals surface area contributed by atoms with Gasteiger partial charge in [0.05, 0.1) is 7.11 Å². The highest BCUT2D eigenvalue weighted by Crippen LogP contribution is 2.22. The molecule has 0 saturated heterocycles. The summed E-state index contributed by atoms with van der Waals surface area (Å²) >= 11 is 0. The summed E-state index contributed by atoms with van der Waals surface area (Å²) in [5.74, 6) is 0.864. The van der Waals surface area contributed by atoms with Gasteiger partial charge in [-0.15, -0.1) is 0 Å². The van der Waals surface area contributed by atoms with Crippen LogP contribution < -0.4 is 10.5 Å². The van der Waals surface area contributed by atoms with Crippen molar-refractivity contribution in [3.8, 4) is 5.75 Å². The Labute approximate surface area is 90.2 Å². The Hall–Kier alpha value is -1.51. The zero-order valence-corrected chi connectivity index (χ0v) is 9.41. The summed E-state index contributed by atoms with van der Waals surface area (Å²) in [6, 6.07) is 5.33. The third-order valence-electron chi connectivity index (χ3n) is 2.20. The number of hydrogen-bond donors (Lipinski definition) is 1. The average molecular weight is 207 g/mol. The minimum atomic E-state index is -0.426. The molecule has 0 bridgehead atoms. The molecular weight excluding hydrogens is 190 g/mol. The highest BCUT2D eigenvalue weighted by Gasteiger charge is 2.08. The molecular formula is C12H17NO2. The Balaban J connectivity index is 3.03. The van der Waals surface area contributed by atoms with Gasteiger partial charge in [0.1, 0.15) is 5.75 Å². The van der Waals surface area contributed by atoms with E-state index in [1.54, 1.807) is 19.2 Å². The van der Waals surface area contributed by atoms with Gasteiger partial charge in [-0.1, -0.05) is 19.9 Å². The molecule has 0 fully saturated rings. The second-order valence-electron chi connectivity index (χ2n) is 3.99. The molecule has 1 aromatic rings. The monoisotopic (exact) mass is 207 g/mol. The second-order valence-corrected chi connectivity index (χ2v) is 3.99. The van der Waals surface area contributed by atoms with Crippen LogP contribution in [0.4, 0.5) is 0 Å². The molecule has 0 aromatic heterocycles. The van der Waals surface area contributed by atoms with Crippen LogP contribution in [0.15, 0.2) is 18.2 Å². The molecule has 1 aromatic carbocycles. The lowest BCUT2D eigenvalue weighted by molar-refractivity contribution is 0.1000. The lowest BCUT2D eigenvalue weighted by Crippen LogP contribution is -2.11. The minimum absolute atomic E-state index is 0.426. The second kappa shape index (κ2) is 4.82. The summed E-state index contributed by atoms with van der Waals surface area (Å²) in [5.41, 5.74) is 6.79. The Kier molecular flexibility index (Phi) is 3.72. The number of carbonyl (C=O) groups is 1. The zero-order valence-electron chi connectivity index (χ0n) is 9.41. The highest BCUT2D eigenvalue weighted by atomic mass is 16.5. The molecule has 82 valence electrons. The topological polar surface area (TPSA) is 52.3 Å². The maximum absolute atomic E-state index is 11.0. The van der Waals surface area contributed by atoms with E-state index in [1.807, 2.05) is 6.07 Å². The van der Waals surface area contributed by atoms with Crippen LogP contribution in [-0.2, 0) is 6.42 Å². The molecule has 0 aliphatic rings. The van der Waals surface area contributed by atoms with E-state index in [4.69, 9.17) is 10.5 Å². The summed E-state index contributed by atoms with van der Waals surface area (Å²) < 4.78 is 5.23. The molecule has 0 unspecified atom stereocenters. The molecule has 0 heterocycles. The van der Waals surface area contributed by atoms with Gasteiger partial charge in [-0.25, -0.2) is 0 Å². The predicted molar refractivity (Wildman–Crippen MR) is 60.1 cm³/mol. The van der Waals surface area contributed by atoms with Crippen LogP contribution in [0.1, 0.15) is 29.8 Å². The van der Waals surface area contributed by atoms with Gasteiger partial charge in [-0.3, -0.25) is 4.79 Å². The van der Waals surface area contributed by atoms with Crippen molar-refractivity contribution in [3.05, 3.63) is 29.3 Å². The predicted octanol–water partition coefficient (Wildman–Crippen LogP) is 1.99. The van der Waals surface area contributed by atoms with Crippen LogP contribution in [0.5, 0.6) is 5.75 Å². The van der Waals surface area contributed by atoms with Gasteiger partial charge >= 0.3 is 0 Å². The van der Waals surface area contributed by atoms with Gasteiger partial charge in [0, 0.05) is 5.56 Å². The van der Waals surface area contributed by atoms with E-state index in [0.29, 0.717) is 11.5 Å². The number of ether oxygens (including phenoxy) is 1. The van der Waals surface area contributed by atoms with Crippen LogP contribution in [0, 0.1) is 5.92 Å². The number of rotatable bonds is 4. The highest BCUT2D eigenvalue weighted by molar-refractivity contribution is 5.93. The number of methoxy groups -OCH3 is 1. The van der Waals surface area contributed by atoms with Crippen LogP contribution in [0.25, 0.3) is 0 Å². The molecule has 0 atom stereocenters. The van der Waals surface area contributed by atoms with Crippen molar-refractivity contribution in [2.45, 2.75) is 20.3 Å². The van der Waals surface area contributed by atoms with Gasteiger partial charge < -0.3 is 10.5 Å². The molecule has 0 spiro atoms. The quantitative estimate of drug-likeness (QED) is 0.820. The van der Waals surface area contributed by atoms with E-state index in [1.165, 1.54) is 0 Å². The third kappa shape index (κ3) is 2.98. The van der Waals surface area contributed by atoms with Gasteiger partial charge in [0.2, 0.25) is 5.91 Å². The summed E-state index contributed by atoms with van der Waals surface area (Å²) in [7, 11) is 1.60. The Bertz CT molecular complexity index is 359. The fourth-order valence-electron chi connectivity index (χ4n) is 1.51. The molecule has 3 heteroatoms. The van der Waals surface area contributed by atoms with E-state index in [2.05, 4.69) is 13.8 Å². The number of nitrogens with two attached hydrogens (primary N) is 1. The fraction of sp³-hybridized carbons (Fsp3) is 0.417. The molecule has 3 nitrogen and oxygen atoms in total. The molecule has 0 radical (unpaired) electrons. The first kappa shape index (κ1) is 11.6.